The molecule has 0 aliphatic rings. The van der Waals surface area contributed by atoms with Crippen LogP contribution in [0.5, 0.6) is 0 Å². The van der Waals surface area contributed by atoms with E-state index < -0.39 is 0 Å². The lowest BCUT2D eigenvalue weighted by atomic mass is 9.98. The van der Waals surface area contributed by atoms with Gasteiger partial charge in [-0.3, -0.25) is 0 Å². The molecule has 0 spiro atoms. The molecule has 0 fully saturated rings. The van der Waals surface area contributed by atoms with Gasteiger partial charge < -0.3 is 4.57 Å². The van der Waals surface area contributed by atoms with E-state index in [1.165, 1.54) is 99.1 Å². The fourth-order valence-electron chi connectivity index (χ4n) is 7.59. The SMILES string of the molecule is c1ccc2c(c1)sc1cc(-c3cccc4sc5cc(-n6c7ccccc7c7ccc8c9ccccc9sc8c76)ccc5c34)ccc12. The van der Waals surface area contributed by atoms with Crippen LogP contribution in [0, 0.1) is 0 Å². The molecule has 1 nitrogen and oxygen atoms in total. The highest BCUT2D eigenvalue weighted by Gasteiger charge is 2.19. The first-order chi connectivity index (χ1) is 22.8. The van der Waals surface area contributed by atoms with Crippen LogP contribution >= 0.6 is 34.0 Å². The second-order valence-corrected chi connectivity index (χ2v) is 15.3. The molecule has 0 unspecified atom stereocenters. The number of nitrogens with zero attached hydrogens (tertiary/aromatic N) is 1. The number of fused-ring (bicyclic) bond motifs is 13. The Bertz CT molecular complexity index is 3040. The van der Waals surface area contributed by atoms with Crippen molar-refractivity contribution in [3.8, 4) is 16.8 Å². The van der Waals surface area contributed by atoms with Gasteiger partial charge in [-0.25, -0.2) is 0 Å². The summed E-state index contributed by atoms with van der Waals surface area (Å²) in [5.74, 6) is 0. The molecule has 11 rings (SSSR count). The van der Waals surface area contributed by atoms with Crippen LogP contribution in [0.2, 0.25) is 0 Å². The van der Waals surface area contributed by atoms with E-state index in [-0.39, 0.29) is 0 Å². The lowest BCUT2D eigenvalue weighted by Crippen LogP contribution is -1.93. The zero-order valence-corrected chi connectivity index (χ0v) is 26.9. The van der Waals surface area contributed by atoms with E-state index in [2.05, 4.69) is 144 Å². The smallest absolute Gasteiger partial charge is 0.0719 e. The van der Waals surface area contributed by atoms with Gasteiger partial charge >= 0.3 is 0 Å². The second-order valence-electron chi connectivity index (χ2n) is 12.1. The Morgan fingerprint density at radius 1 is 0.391 bits per heavy atom. The molecule has 0 saturated carbocycles. The van der Waals surface area contributed by atoms with Crippen molar-refractivity contribution in [1.29, 1.82) is 0 Å². The summed E-state index contributed by atoms with van der Waals surface area (Å²) in [7, 11) is 0. The molecule has 0 saturated heterocycles. The summed E-state index contributed by atoms with van der Waals surface area (Å²) in [6, 6.07) is 52.0. The van der Waals surface area contributed by atoms with Crippen molar-refractivity contribution in [2.75, 3.05) is 0 Å². The van der Waals surface area contributed by atoms with Crippen LogP contribution in [0.3, 0.4) is 0 Å². The van der Waals surface area contributed by atoms with Crippen LogP contribution in [0.1, 0.15) is 0 Å². The van der Waals surface area contributed by atoms with E-state index in [4.69, 9.17) is 0 Å². The highest BCUT2D eigenvalue weighted by atomic mass is 32.1. The number of hydrogen-bond donors (Lipinski definition) is 0. The Labute approximate surface area is 275 Å². The first kappa shape index (κ1) is 25.2. The minimum absolute atomic E-state index is 1.21. The van der Waals surface area contributed by atoms with Crippen LogP contribution in [-0.4, -0.2) is 4.57 Å². The summed E-state index contributed by atoms with van der Waals surface area (Å²) < 4.78 is 10.5. The third-order valence-electron chi connectivity index (χ3n) is 9.61. The van der Waals surface area contributed by atoms with Crippen molar-refractivity contribution in [2.45, 2.75) is 0 Å². The highest BCUT2D eigenvalue weighted by molar-refractivity contribution is 7.27. The molecule has 0 bridgehead atoms. The predicted octanol–water partition coefficient (Wildman–Crippen LogP) is 13.6. The Balaban J connectivity index is 1.16. The third-order valence-corrected chi connectivity index (χ3v) is 13.1. The normalized spacial score (nSPS) is 12.3. The summed E-state index contributed by atoms with van der Waals surface area (Å²) in [5, 5.41) is 10.6. The Morgan fingerprint density at radius 2 is 1.02 bits per heavy atom. The van der Waals surface area contributed by atoms with Gasteiger partial charge in [-0.2, -0.15) is 0 Å². The minimum atomic E-state index is 1.21. The van der Waals surface area contributed by atoms with E-state index in [1.807, 2.05) is 34.0 Å². The monoisotopic (exact) mass is 637 g/mol. The van der Waals surface area contributed by atoms with Crippen molar-refractivity contribution in [1.82, 2.24) is 4.57 Å². The molecular weight excluding hydrogens is 615 g/mol. The lowest BCUT2D eigenvalue weighted by molar-refractivity contribution is 1.19. The second kappa shape index (κ2) is 9.27. The van der Waals surface area contributed by atoms with Crippen molar-refractivity contribution in [3.05, 3.63) is 140 Å². The van der Waals surface area contributed by atoms with Gasteiger partial charge in [0.1, 0.15) is 0 Å². The molecule has 4 aromatic heterocycles. The predicted molar refractivity (Wildman–Crippen MR) is 205 cm³/mol. The van der Waals surface area contributed by atoms with Crippen LogP contribution in [0.4, 0.5) is 0 Å². The lowest BCUT2D eigenvalue weighted by Gasteiger charge is -2.09. The van der Waals surface area contributed by atoms with Crippen molar-refractivity contribution in [2.24, 2.45) is 0 Å². The topological polar surface area (TPSA) is 4.93 Å². The van der Waals surface area contributed by atoms with E-state index in [9.17, 15) is 0 Å². The van der Waals surface area contributed by atoms with Crippen LogP contribution in [0.25, 0.3) is 99.1 Å². The summed E-state index contributed by atoms with van der Waals surface area (Å²) in [6.07, 6.45) is 0. The standard InChI is InChI=1S/C42H23NS3/c1-4-12-34-27(8-1)31-20-21-32-29-10-3-6-14-36(29)46-42(32)41(31)43(34)25-17-19-33-39(23-25)45-37-15-7-11-26(40(33)37)24-16-18-30-28-9-2-5-13-35(28)44-38(30)22-24/h1-23H. The van der Waals surface area contributed by atoms with Gasteiger partial charge in [0.2, 0.25) is 0 Å². The average molecular weight is 638 g/mol. The van der Waals surface area contributed by atoms with E-state index in [0.717, 1.165) is 0 Å². The molecule has 7 aromatic carbocycles. The van der Waals surface area contributed by atoms with Gasteiger partial charge in [0.25, 0.3) is 0 Å². The number of thiophene rings is 3. The van der Waals surface area contributed by atoms with Gasteiger partial charge in [0.05, 0.1) is 15.7 Å². The van der Waals surface area contributed by atoms with Crippen LogP contribution in [0.15, 0.2) is 140 Å². The Kier molecular flexibility index (Phi) is 5.08. The Hall–Kier alpha value is -5.00. The molecule has 4 heterocycles. The van der Waals surface area contributed by atoms with Gasteiger partial charge in [-0.15, -0.1) is 34.0 Å². The maximum Gasteiger partial charge on any atom is 0.0719 e. The molecule has 0 atom stereocenters. The van der Waals surface area contributed by atoms with Crippen LogP contribution < -0.4 is 0 Å². The molecule has 0 amide bonds. The van der Waals surface area contributed by atoms with Crippen molar-refractivity contribution in [3.63, 3.8) is 0 Å². The van der Waals surface area contributed by atoms with Gasteiger partial charge in [0, 0.05) is 72.3 Å². The summed E-state index contributed by atoms with van der Waals surface area (Å²) in [5.41, 5.74) is 6.35. The van der Waals surface area contributed by atoms with Crippen molar-refractivity contribution >= 4 is 116 Å². The molecule has 4 heteroatoms. The molecule has 0 N–H and O–H groups in total. The summed E-state index contributed by atoms with van der Waals surface area (Å²) in [4.78, 5) is 0. The molecule has 0 aliphatic heterocycles. The van der Waals surface area contributed by atoms with E-state index in [1.54, 1.807) is 0 Å². The van der Waals surface area contributed by atoms with Gasteiger partial charge in [-0.05, 0) is 53.6 Å². The molecule has 11 aromatic rings. The number of aromatic nitrogens is 1. The third kappa shape index (κ3) is 3.38. The Morgan fingerprint density at radius 3 is 1.91 bits per heavy atom. The van der Waals surface area contributed by atoms with E-state index in [0.29, 0.717) is 0 Å². The van der Waals surface area contributed by atoms with Crippen molar-refractivity contribution < 1.29 is 0 Å². The van der Waals surface area contributed by atoms with Gasteiger partial charge in [0.15, 0.2) is 0 Å². The first-order valence-corrected chi connectivity index (χ1v) is 18.0. The maximum absolute atomic E-state index is 2.50. The molecule has 46 heavy (non-hydrogen) atoms. The highest BCUT2D eigenvalue weighted by Crippen LogP contribution is 2.46. The summed E-state index contributed by atoms with van der Waals surface area (Å²) in [6.45, 7) is 0. The maximum atomic E-state index is 2.50. The fourth-order valence-corrected chi connectivity index (χ4v) is 11.1. The number of para-hydroxylation sites is 1. The molecule has 214 valence electrons. The quantitative estimate of drug-likeness (QED) is 0.178. The zero-order chi connectivity index (χ0) is 29.9. The minimum Gasteiger partial charge on any atom is -0.308 e. The number of hydrogen-bond acceptors (Lipinski definition) is 3. The first-order valence-electron chi connectivity index (χ1n) is 15.5. The van der Waals surface area contributed by atoms with E-state index >= 15 is 0 Å². The molecule has 0 radical (unpaired) electrons. The van der Waals surface area contributed by atoms with Gasteiger partial charge in [-0.1, -0.05) is 97.1 Å². The number of rotatable bonds is 2. The zero-order valence-electron chi connectivity index (χ0n) is 24.5. The summed E-state index contributed by atoms with van der Waals surface area (Å²) >= 11 is 5.69. The average Bonchev–Trinajstić information content (AvgIpc) is 3.86. The molecular formula is C42H23NS3. The fraction of sp³-hybridized carbons (Fsp3) is 0. The largest absolute Gasteiger partial charge is 0.308 e. The number of benzene rings is 7. The van der Waals surface area contributed by atoms with Crippen LogP contribution in [-0.2, 0) is 0 Å². The molecule has 0 aliphatic carbocycles.